The minimum atomic E-state index is -0.429. The molecule has 3 heteroatoms. The Bertz CT molecular complexity index is 526. The Hall–Kier alpha value is -1.64. The molecule has 0 spiro atoms. The molecule has 2 rings (SSSR count). The standard InChI is InChI=1S/C12H13FN2/c1-4-5-15-9(3)8(2)10-6-12(13)14-7-11(10)15/h4,6-7H,1,5H2,2-3H3. The molecule has 2 aromatic heterocycles. The van der Waals surface area contributed by atoms with Crippen molar-refractivity contribution in [2.75, 3.05) is 0 Å². The Morgan fingerprint density at radius 1 is 1.53 bits per heavy atom. The summed E-state index contributed by atoms with van der Waals surface area (Å²) in [5, 5.41) is 0.932. The zero-order chi connectivity index (χ0) is 11.0. The van der Waals surface area contributed by atoms with Gasteiger partial charge in [0.05, 0.1) is 11.7 Å². The lowest BCUT2D eigenvalue weighted by molar-refractivity contribution is 0.586. The van der Waals surface area contributed by atoms with Crippen LogP contribution in [0.2, 0.25) is 0 Å². The van der Waals surface area contributed by atoms with Crippen LogP contribution in [0.15, 0.2) is 24.9 Å². The lowest BCUT2D eigenvalue weighted by Gasteiger charge is -2.03. The summed E-state index contributed by atoms with van der Waals surface area (Å²) in [7, 11) is 0. The third-order valence-corrected chi connectivity index (χ3v) is 2.80. The summed E-state index contributed by atoms with van der Waals surface area (Å²) >= 11 is 0. The molecule has 0 aliphatic carbocycles. The third-order valence-electron chi connectivity index (χ3n) is 2.80. The van der Waals surface area contributed by atoms with E-state index in [1.807, 2.05) is 19.9 Å². The molecular formula is C12H13FN2. The smallest absolute Gasteiger partial charge is 0.213 e. The van der Waals surface area contributed by atoms with Crippen molar-refractivity contribution in [3.05, 3.63) is 42.1 Å². The second-order valence-electron chi connectivity index (χ2n) is 3.63. The summed E-state index contributed by atoms with van der Waals surface area (Å²) in [5.41, 5.74) is 3.21. The highest BCUT2D eigenvalue weighted by molar-refractivity contribution is 5.84. The van der Waals surface area contributed by atoms with Gasteiger partial charge >= 0.3 is 0 Å². The van der Waals surface area contributed by atoms with E-state index in [0.29, 0.717) is 0 Å². The SMILES string of the molecule is C=CCn1c(C)c(C)c2cc(F)ncc21. The highest BCUT2D eigenvalue weighted by Gasteiger charge is 2.10. The molecule has 0 saturated carbocycles. The Kier molecular flexibility index (Phi) is 2.31. The molecule has 0 aliphatic heterocycles. The fraction of sp³-hybridized carbons (Fsp3) is 0.250. The van der Waals surface area contributed by atoms with Crippen LogP contribution in [0.3, 0.4) is 0 Å². The second kappa shape index (κ2) is 3.50. The van der Waals surface area contributed by atoms with Gasteiger partial charge < -0.3 is 4.57 Å². The zero-order valence-corrected chi connectivity index (χ0v) is 8.92. The van der Waals surface area contributed by atoms with Crippen LogP contribution in [0.25, 0.3) is 10.9 Å². The summed E-state index contributed by atoms with van der Waals surface area (Å²) in [6.45, 7) is 8.46. The van der Waals surface area contributed by atoms with E-state index in [2.05, 4.69) is 16.1 Å². The summed E-state index contributed by atoms with van der Waals surface area (Å²) < 4.78 is 15.1. The lowest BCUT2D eigenvalue weighted by Crippen LogP contribution is -1.97. The molecule has 0 N–H and O–H groups in total. The van der Waals surface area contributed by atoms with Crippen LogP contribution < -0.4 is 0 Å². The van der Waals surface area contributed by atoms with Crippen molar-refractivity contribution in [1.82, 2.24) is 9.55 Å². The number of aryl methyl sites for hydroxylation is 1. The minimum absolute atomic E-state index is 0.429. The van der Waals surface area contributed by atoms with Gasteiger partial charge in [0.15, 0.2) is 0 Å². The average Bonchev–Trinajstić information content (AvgIpc) is 2.44. The average molecular weight is 204 g/mol. The van der Waals surface area contributed by atoms with Crippen LogP contribution in [0.5, 0.6) is 0 Å². The van der Waals surface area contributed by atoms with Crippen molar-refractivity contribution in [1.29, 1.82) is 0 Å². The number of fused-ring (bicyclic) bond motifs is 1. The number of hydrogen-bond acceptors (Lipinski definition) is 1. The molecule has 2 heterocycles. The van der Waals surface area contributed by atoms with Crippen LogP contribution in [0.1, 0.15) is 11.3 Å². The van der Waals surface area contributed by atoms with Crippen molar-refractivity contribution in [2.45, 2.75) is 20.4 Å². The number of halogens is 1. The first-order valence-corrected chi connectivity index (χ1v) is 4.87. The molecule has 0 fully saturated rings. The van der Waals surface area contributed by atoms with Gasteiger partial charge in [0.2, 0.25) is 5.95 Å². The van der Waals surface area contributed by atoms with Crippen LogP contribution in [-0.4, -0.2) is 9.55 Å². The molecule has 0 amide bonds. The van der Waals surface area contributed by atoms with Crippen molar-refractivity contribution in [2.24, 2.45) is 0 Å². The maximum absolute atomic E-state index is 13.0. The van der Waals surface area contributed by atoms with Crippen molar-refractivity contribution >= 4 is 10.9 Å². The van der Waals surface area contributed by atoms with Crippen LogP contribution >= 0.6 is 0 Å². The maximum atomic E-state index is 13.0. The van der Waals surface area contributed by atoms with Gasteiger partial charge in [0, 0.05) is 23.7 Å². The second-order valence-corrected chi connectivity index (χ2v) is 3.63. The zero-order valence-electron chi connectivity index (χ0n) is 8.92. The van der Waals surface area contributed by atoms with E-state index < -0.39 is 5.95 Å². The summed E-state index contributed by atoms with van der Waals surface area (Å²) in [5.74, 6) is -0.429. The Labute approximate surface area is 88.1 Å². The number of nitrogens with zero attached hydrogens (tertiary/aromatic N) is 2. The molecule has 0 aromatic carbocycles. The number of hydrogen-bond donors (Lipinski definition) is 0. The molecule has 2 aromatic rings. The molecule has 0 saturated heterocycles. The number of rotatable bonds is 2. The van der Waals surface area contributed by atoms with E-state index in [0.717, 1.165) is 28.7 Å². The van der Waals surface area contributed by atoms with Crippen molar-refractivity contribution in [3.8, 4) is 0 Å². The Morgan fingerprint density at radius 3 is 2.93 bits per heavy atom. The van der Waals surface area contributed by atoms with E-state index in [1.54, 1.807) is 6.20 Å². The van der Waals surface area contributed by atoms with Crippen LogP contribution in [0.4, 0.5) is 4.39 Å². The van der Waals surface area contributed by atoms with Gasteiger partial charge in [-0.15, -0.1) is 6.58 Å². The van der Waals surface area contributed by atoms with Gasteiger partial charge in [-0.3, -0.25) is 0 Å². The predicted octanol–water partition coefficient (Wildman–Crippen LogP) is 2.98. The molecule has 2 nitrogen and oxygen atoms in total. The molecule has 0 unspecified atom stereocenters. The first kappa shape index (κ1) is 9.90. The van der Waals surface area contributed by atoms with Crippen LogP contribution in [-0.2, 0) is 6.54 Å². The normalized spacial score (nSPS) is 10.9. The fourth-order valence-electron chi connectivity index (χ4n) is 1.88. The van der Waals surface area contributed by atoms with Gasteiger partial charge in [0.25, 0.3) is 0 Å². The number of allylic oxidation sites excluding steroid dienone is 1. The first-order chi connectivity index (χ1) is 7.15. The van der Waals surface area contributed by atoms with E-state index in [9.17, 15) is 4.39 Å². The first-order valence-electron chi connectivity index (χ1n) is 4.87. The lowest BCUT2D eigenvalue weighted by atomic mass is 10.2. The Morgan fingerprint density at radius 2 is 2.27 bits per heavy atom. The molecule has 78 valence electrons. The van der Waals surface area contributed by atoms with E-state index in [4.69, 9.17) is 0 Å². The van der Waals surface area contributed by atoms with Gasteiger partial charge in [-0.2, -0.15) is 4.39 Å². The highest BCUT2D eigenvalue weighted by atomic mass is 19.1. The van der Waals surface area contributed by atoms with Crippen molar-refractivity contribution in [3.63, 3.8) is 0 Å². The molecule has 0 radical (unpaired) electrons. The minimum Gasteiger partial charge on any atom is -0.340 e. The number of pyridine rings is 1. The van der Waals surface area contributed by atoms with Crippen molar-refractivity contribution < 1.29 is 4.39 Å². The van der Waals surface area contributed by atoms with E-state index in [1.165, 1.54) is 6.07 Å². The monoisotopic (exact) mass is 204 g/mol. The van der Waals surface area contributed by atoms with E-state index >= 15 is 0 Å². The van der Waals surface area contributed by atoms with Gasteiger partial charge in [-0.05, 0) is 19.4 Å². The molecular weight excluding hydrogens is 191 g/mol. The van der Waals surface area contributed by atoms with Crippen LogP contribution in [0, 0.1) is 19.8 Å². The molecule has 0 aliphatic rings. The summed E-state index contributed by atoms with van der Waals surface area (Å²) in [6.07, 6.45) is 3.41. The summed E-state index contributed by atoms with van der Waals surface area (Å²) in [6, 6.07) is 1.48. The number of aromatic nitrogens is 2. The topological polar surface area (TPSA) is 17.8 Å². The van der Waals surface area contributed by atoms with Gasteiger partial charge in [0.1, 0.15) is 0 Å². The summed E-state index contributed by atoms with van der Waals surface area (Å²) in [4.78, 5) is 3.68. The largest absolute Gasteiger partial charge is 0.340 e. The van der Waals surface area contributed by atoms with Gasteiger partial charge in [-0.25, -0.2) is 4.98 Å². The highest BCUT2D eigenvalue weighted by Crippen LogP contribution is 2.24. The fourth-order valence-corrected chi connectivity index (χ4v) is 1.88. The molecule has 0 atom stereocenters. The molecule has 0 bridgehead atoms. The Balaban J connectivity index is 2.80. The third kappa shape index (κ3) is 1.44. The van der Waals surface area contributed by atoms with E-state index in [-0.39, 0.29) is 0 Å². The molecule has 15 heavy (non-hydrogen) atoms. The predicted molar refractivity (Wildman–Crippen MR) is 59.4 cm³/mol. The maximum Gasteiger partial charge on any atom is 0.213 e. The quantitative estimate of drug-likeness (QED) is 0.543. The van der Waals surface area contributed by atoms with Gasteiger partial charge in [-0.1, -0.05) is 6.08 Å².